The largest absolute Gasteiger partial charge is 1.00 e. The summed E-state index contributed by atoms with van der Waals surface area (Å²) in [5, 5.41) is 19.6. The van der Waals surface area contributed by atoms with Crippen molar-refractivity contribution in [3.63, 3.8) is 0 Å². The van der Waals surface area contributed by atoms with Crippen LogP contribution in [-0.2, 0) is 0 Å². The highest BCUT2D eigenvalue weighted by molar-refractivity contribution is 4.54. The number of aliphatic hydroxyl groups excluding tert-OH is 2. The highest BCUT2D eigenvalue weighted by Crippen LogP contribution is 2.18. The molecule has 0 aliphatic rings. The van der Waals surface area contributed by atoms with Gasteiger partial charge in [-0.25, -0.2) is 0 Å². The molecule has 2 N–H and O–H groups in total. The van der Waals surface area contributed by atoms with Crippen LogP contribution in [0.15, 0.2) is 0 Å². The normalized spacial score (nSPS) is 13.7. The fraction of sp³-hybridized carbons (Fsp3) is 1.00. The Morgan fingerprint density at radius 1 is 0.250 bits per heavy atom. The maximum absolute atomic E-state index is 9.82. The number of rotatable bonds is 43. The van der Waals surface area contributed by atoms with E-state index in [0.29, 0.717) is 13.2 Å². The van der Waals surface area contributed by atoms with Crippen LogP contribution >= 0.6 is 0 Å². The molecule has 52 heavy (non-hydrogen) atoms. The van der Waals surface area contributed by atoms with E-state index in [-0.39, 0.29) is 24.8 Å². The third-order valence-electron chi connectivity index (χ3n) is 12.0. The number of nitrogens with zero attached hydrogens (tertiary/aromatic N) is 2. The number of likely N-dealkylation sites (N-methyl/N-ethyl adjacent to an activating group) is 2. The minimum atomic E-state index is 0. The first-order valence-corrected chi connectivity index (χ1v) is 23.3. The van der Waals surface area contributed by atoms with Crippen molar-refractivity contribution < 1.29 is 44.0 Å². The fourth-order valence-electron chi connectivity index (χ4n) is 8.22. The van der Waals surface area contributed by atoms with Gasteiger partial charge in [-0.1, -0.05) is 194 Å². The Morgan fingerprint density at radius 2 is 0.404 bits per heavy atom. The molecule has 318 valence electrons. The summed E-state index contributed by atoms with van der Waals surface area (Å²) in [6.07, 6.45) is 47.8. The van der Waals surface area contributed by atoms with E-state index in [0.717, 1.165) is 22.1 Å². The third kappa shape index (κ3) is 40.1. The highest BCUT2D eigenvalue weighted by Gasteiger charge is 2.23. The van der Waals surface area contributed by atoms with E-state index in [1.807, 2.05) is 0 Å². The second kappa shape index (κ2) is 44.1. The number of hydrogen-bond donors (Lipinski definition) is 2. The minimum Gasteiger partial charge on any atom is -1.00 e. The maximum Gasteiger partial charge on any atom is 0.102 e. The first-order chi connectivity index (χ1) is 24.4. The molecular weight excluding hydrogens is 683 g/mol. The molecule has 0 aliphatic carbocycles. The van der Waals surface area contributed by atoms with Gasteiger partial charge in [0.2, 0.25) is 0 Å². The Labute approximate surface area is 341 Å². The summed E-state index contributed by atoms with van der Waals surface area (Å²) in [5.74, 6) is 0. The van der Waals surface area contributed by atoms with Crippen molar-refractivity contribution in [1.29, 1.82) is 0 Å². The van der Waals surface area contributed by atoms with Crippen LogP contribution in [0.1, 0.15) is 232 Å². The molecule has 0 saturated heterocycles. The molecule has 0 bridgehead atoms. The van der Waals surface area contributed by atoms with Crippen LogP contribution in [0.2, 0.25) is 0 Å². The molecule has 0 saturated carbocycles. The Hall–Kier alpha value is 0.420. The fourth-order valence-corrected chi connectivity index (χ4v) is 8.22. The first-order valence-electron chi connectivity index (χ1n) is 23.3. The zero-order valence-corrected chi connectivity index (χ0v) is 37.8. The smallest absolute Gasteiger partial charge is 0.102 e. The van der Waals surface area contributed by atoms with Crippen LogP contribution < -0.4 is 24.8 Å². The molecular formula is C46H98Cl2N2O2. The van der Waals surface area contributed by atoms with Gasteiger partial charge in [0.05, 0.1) is 53.5 Å². The molecule has 0 aromatic carbocycles. The average Bonchev–Trinajstić information content (AvgIpc) is 3.10. The number of quaternary nitrogens is 2. The number of unbranched alkanes of at least 4 members (excludes halogenated alkanes) is 31. The predicted molar refractivity (Wildman–Crippen MR) is 224 cm³/mol. The summed E-state index contributed by atoms with van der Waals surface area (Å²) in [5.41, 5.74) is 0. The lowest BCUT2D eigenvalue weighted by atomic mass is 10.0. The zero-order chi connectivity index (χ0) is 36.7. The van der Waals surface area contributed by atoms with Crippen molar-refractivity contribution in [2.75, 3.05) is 66.6 Å². The van der Waals surface area contributed by atoms with Crippen molar-refractivity contribution in [3.05, 3.63) is 0 Å². The van der Waals surface area contributed by atoms with E-state index in [1.165, 1.54) is 244 Å². The summed E-state index contributed by atoms with van der Waals surface area (Å²) in [6.45, 7) is 11.8. The molecule has 2 atom stereocenters. The van der Waals surface area contributed by atoms with Gasteiger partial charge >= 0.3 is 0 Å². The van der Waals surface area contributed by atoms with Gasteiger partial charge in [0.15, 0.2) is 0 Å². The first kappa shape index (κ1) is 56.7. The van der Waals surface area contributed by atoms with Crippen LogP contribution in [0.25, 0.3) is 0 Å². The quantitative estimate of drug-likeness (QED) is 0.0509. The van der Waals surface area contributed by atoms with Gasteiger partial charge in [-0.3, -0.25) is 0 Å². The molecule has 0 radical (unpaired) electrons. The third-order valence-corrected chi connectivity index (χ3v) is 12.0. The predicted octanol–water partition coefficient (Wildman–Crippen LogP) is 7.18. The Bertz CT molecular complexity index is 604. The Morgan fingerprint density at radius 3 is 0.577 bits per heavy atom. The average molecular weight is 782 g/mol. The Balaban J connectivity index is -0.0000120. The van der Waals surface area contributed by atoms with Crippen LogP contribution in [0.4, 0.5) is 0 Å². The van der Waals surface area contributed by atoms with Gasteiger partial charge in [-0.15, -0.1) is 0 Å². The van der Waals surface area contributed by atoms with Crippen LogP contribution in [-0.4, -0.2) is 85.8 Å². The van der Waals surface area contributed by atoms with E-state index in [2.05, 4.69) is 27.9 Å². The topological polar surface area (TPSA) is 40.5 Å². The molecule has 0 aliphatic heterocycles. The van der Waals surface area contributed by atoms with Crippen LogP contribution in [0.5, 0.6) is 0 Å². The lowest BCUT2D eigenvalue weighted by Crippen LogP contribution is -3.00. The molecule has 0 spiro atoms. The second-order valence-electron chi connectivity index (χ2n) is 17.3. The molecule has 0 amide bonds. The van der Waals surface area contributed by atoms with Gasteiger partial charge in [-0.05, 0) is 25.7 Å². The van der Waals surface area contributed by atoms with Crippen molar-refractivity contribution in [2.24, 2.45) is 0 Å². The van der Waals surface area contributed by atoms with E-state index < -0.39 is 0 Å². The Kier molecular flexibility index (Phi) is 48.2. The maximum atomic E-state index is 9.82. The van der Waals surface area contributed by atoms with E-state index in [4.69, 9.17) is 0 Å². The van der Waals surface area contributed by atoms with E-state index >= 15 is 0 Å². The van der Waals surface area contributed by atoms with Gasteiger partial charge < -0.3 is 44.0 Å². The van der Waals surface area contributed by atoms with Crippen molar-refractivity contribution in [3.8, 4) is 0 Å². The van der Waals surface area contributed by atoms with Crippen LogP contribution in [0, 0.1) is 0 Å². The van der Waals surface area contributed by atoms with Gasteiger partial charge in [-0.2, -0.15) is 0 Å². The summed E-state index contributed by atoms with van der Waals surface area (Å²) in [6, 6.07) is 0. The van der Waals surface area contributed by atoms with E-state index in [1.54, 1.807) is 0 Å². The van der Waals surface area contributed by atoms with Gasteiger partial charge in [0, 0.05) is 12.8 Å². The molecule has 2 unspecified atom stereocenters. The van der Waals surface area contributed by atoms with Crippen molar-refractivity contribution in [2.45, 2.75) is 232 Å². The van der Waals surface area contributed by atoms with Crippen LogP contribution in [0.3, 0.4) is 0 Å². The molecule has 0 rings (SSSR count). The lowest BCUT2D eigenvalue weighted by molar-refractivity contribution is -0.916. The zero-order valence-electron chi connectivity index (χ0n) is 36.2. The minimum absolute atomic E-state index is 0. The summed E-state index contributed by atoms with van der Waals surface area (Å²) >= 11 is 0. The SMILES string of the molecule is CCCCCCCCCCCCCCCCCC[N+](C)(CCO)CCCC[N+](C)(CCO)CCCCCCCCCCCCCCCCCC.[Cl-].[Cl-]. The monoisotopic (exact) mass is 781 g/mol. The van der Waals surface area contributed by atoms with Crippen molar-refractivity contribution in [1.82, 2.24) is 0 Å². The molecule has 0 fully saturated rings. The highest BCUT2D eigenvalue weighted by atomic mass is 35.5. The summed E-state index contributed by atoms with van der Waals surface area (Å²) < 4.78 is 2.05. The number of hydrogen-bond acceptors (Lipinski definition) is 2. The van der Waals surface area contributed by atoms with Gasteiger partial charge in [0.25, 0.3) is 0 Å². The number of halogens is 2. The molecule has 0 aromatic rings. The van der Waals surface area contributed by atoms with E-state index in [9.17, 15) is 10.2 Å². The second-order valence-corrected chi connectivity index (χ2v) is 17.3. The molecule has 4 nitrogen and oxygen atoms in total. The summed E-state index contributed by atoms with van der Waals surface area (Å²) in [4.78, 5) is 0. The molecule has 0 heterocycles. The number of aliphatic hydroxyl groups is 2. The lowest BCUT2D eigenvalue weighted by Gasteiger charge is -2.36. The molecule has 0 aromatic heterocycles. The summed E-state index contributed by atoms with van der Waals surface area (Å²) in [7, 11) is 4.75. The standard InChI is InChI=1S/C46H98N2O2.2ClH/c1-5-7-9-11-13-15-17-19-21-23-25-27-29-31-33-35-39-47(3,43-45-49)41-37-38-42-48(4,44-46-50)40-36-34-32-30-28-26-24-22-20-18-16-14-12-10-8-6-2;;/h49-50H,5-46H2,1-4H3;2*1H/q+2;;/p-2. The molecule has 6 heteroatoms. The van der Waals surface area contributed by atoms with Crippen molar-refractivity contribution >= 4 is 0 Å². The van der Waals surface area contributed by atoms with Gasteiger partial charge in [0.1, 0.15) is 13.1 Å².